The average Bonchev–Trinajstić information content (AvgIpc) is 3.36. The smallest absolute Gasteiger partial charge is 0.394 e. The summed E-state index contributed by atoms with van der Waals surface area (Å²) in [6.45, 7) is 3.51. The van der Waals surface area contributed by atoms with Crippen LogP contribution in [0.25, 0.3) is 0 Å². The second-order valence-corrected chi connectivity index (χ2v) is 23.1. The van der Waals surface area contributed by atoms with Crippen molar-refractivity contribution < 1.29 is 51.8 Å². The van der Waals surface area contributed by atoms with E-state index >= 15 is 0 Å². The highest BCUT2D eigenvalue weighted by atomic mass is 32.3. The van der Waals surface area contributed by atoms with Gasteiger partial charge in [0.1, 0.15) is 24.4 Å². The Morgan fingerprint density at radius 2 is 0.806 bits per heavy atom. The van der Waals surface area contributed by atoms with Crippen LogP contribution in [0.4, 0.5) is 0 Å². The SMILES string of the molecule is CCCCCCCCCCCCCCCCCCCCCCCCCCCCCCCC(=O)NC(COC1OC(CO)C(O)C(OS(=O)(=O)O)C1O)C(O)CCCCCCCCCCCCCCCCCC. The van der Waals surface area contributed by atoms with Crippen molar-refractivity contribution in [2.24, 2.45) is 0 Å². The van der Waals surface area contributed by atoms with Crippen molar-refractivity contribution >= 4 is 16.3 Å². The number of ether oxygens (including phenoxy) is 2. The molecule has 0 saturated carbocycles. The van der Waals surface area contributed by atoms with E-state index < -0.39 is 59.9 Å². The Balaban J connectivity index is 2.25. The Hall–Kier alpha value is -0.900. The van der Waals surface area contributed by atoms with Gasteiger partial charge in [0.2, 0.25) is 5.91 Å². The topological polar surface area (TPSA) is 192 Å². The zero-order chi connectivity index (χ0) is 52.6. The first-order valence-electron chi connectivity index (χ1n) is 30.9. The van der Waals surface area contributed by atoms with E-state index in [4.69, 9.17) is 9.47 Å². The van der Waals surface area contributed by atoms with Crippen LogP contribution >= 0.6 is 0 Å². The van der Waals surface area contributed by atoms with Gasteiger partial charge in [-0.25, -0.2) is 4.18 Å². The van der Waals surface area contributed by atoms with E-state index in [1.54, 1.807) is 0 Å². The fourth-order valence-corrected chi connectivity index (χ4v) is 10.9. The molecule has 13 heteroatoms. The number of hydrogen-bond donors (Lipinski definition) is 6. The van der Waals surface area contributed by atoms with Gasteiger partial charge in [-0.2, -0.15) is 8.42 Å². The maximum atomic E-state index is 13.2. The minimum Gasteiger partial charge on any atom is -0.394 e. The lowest BCUT2D eigenvalue weighted by Crippen LogP contribution is -2.61. The molecule has 0 aromatic heterocycles. The molecule has 1 aliphatic heterocycles. The highest BCUT2D eigenvalue weighted by molar-refractivity contribution is 7.80. The van der Waals surface area contributed by atoms with Crippen molar-refractivity contribution in [3.8, 4) is 0 Å². The van der Waals surface area contributed by atoms with Crippen LogP contribution in [-0.2, 0) is 28.9 Å². The molecule has 1 fully saturated rings. The first-order valence-corrected chi connectivity index (χ1v) is 32.3. The molecule has 430 valence electrons. The Bertz CT molecular complexity index is 1280. The molecular weight excluding hydrogens is 931 g/mol. The Morgan fingerprint density at radius 3 is 1.11 bits per heavy atom. The first kappa shape index (κ1) is 69.1. The first-order chi connectivity index (χ1) is 35.0. The molecule has 0 spiro atoms. The molecule has 0 aromatic carbocycles. The summed E-state index contributed by atoms with van der Waals surface area (Å²) in [6, 6.07) is -0.853. The molecule has 1 heterocycles. The van der Waals surface area contributed by atoms with Crippen LogP contribution in [0.2, 0.25) is 0 Å². The second-order valence-electron chi connectivity index (χ2n) is 22.0. The van der Waals surface area contributed by atoms with Crippen molar-refractivity contribution in [3.63, 3.8) is 0 Å². The summed E-state index contributed by atoms with van der Waals surface area (Å²) < 4.78 is 47.9. The molecule has 0 aliphatic carbocycles. The quantitative estimate of drug-likeness (QED) is 0.0251. The van der Waals surface area contributed by atoms with Crippen LogP contribution in [0.1, 0.15) is 316 Å². The lowest BCUT2D eigenvalue weighted by molar-refractivity contribution is -0.298. The fourth-order valence-electron chi connectivity index (χ4n) is 10.4. The number of hydrogen-bond acceptors (Lipinski definition) is 10. The number of rotatable bonds is 55. The number of nitrogens with one attached hydrogen (secondary N) is 1. The molecule has 1 rings (SSSR count). The van der Waals surface area contributed by atoms with Crippen molar-refractivity contribution in [1.29, 1.82) is 0 Å². The minimum atomic E-state index is -5.08. The molecule has 72 heavy (non-hydrogen) atoms. The van der Waals surface area contributed by atoms with Gasteiger partial charge in [-0.15, -0.1) is 0 Å². The summed E-state index contributed by atoms with van der Waals surface area (Å²) in [5.41, 5.74) is 0. The van der Waals surface area contributed by atoms with E-state index in [9.17, 15) is 38.2 Å². The lowest BCUT2D eigenvalue weighted by atomic mass is 9.99. The summed E-state index contributed by atoms with van der Waals surface area (Å²) in [7, 11) is -5.08. The van der Waals surface area contributed by atoms with Crippen molar-refractivity contribution in [1.82, 2.24) is 5.32 Å². The third-order valence-electron chi connectivity index (χ3n) is 15.2. The van der Waals surface area contributed by atoms with Gasteiger partial charge in [0.25, 0.3) is 0 Å². The van der Waals surface area contributed by atoms with Gasteiger partial charge in [0.05, 0.1) is 25.4 Å². The monoisotopic (exact) mass is 1050 g/mol. The summed E-state index contributed by atoms with van der Waals surface area (Å²) in [4.78, 5) is 13.2. The molecule has 1 amide bonds. The predicted octanol–water partition coefficient (Wildman–Crippen LogP) is 14.9. The summed E-state index contributed by atoms with van der Waals surface area (Å²) in [5.74, 6) is -0.221. The largest absolute Gasteiger partial charge is 0.397 e. The van der Waals surface area contributed by atoms with Gasteiger partial charge in [-0.1, -0.05) is 296 Å². The highest BCUT2D eigenvalue weighted by Gasteiger charge is 2.48. The third kappa shape index (κ3) is 41.3. The summed E-state index contributed by atoms with van der Waals surface area (Å²) in [5, 5.41) is 45.1. The lowest BCUT2D eigenvalue weighted by Gasteiger charge is -2.41. The fraction of sp³-hybridized carbons (Fsp3) is 0.983. The van der Waals surface area contributed by atoms with Gasteiger partial charge in [0, 0.05) is 6.42 Å². The number of aliphatic hydroxyl groups excluding tert-OH is 4. The maximum Gasteiger partial charge on any atom is 0.397 e. The number of unbranched alkanes of at least 4 members (excludes halogenated alkanes) is 43. The molecule has 6 N–H and O–H groups in total. The van der Waals surface area contributed by atoms with Crippen LogP contribution in [0.5, 0.6) is 0 Å². The van der Waals surface area contributed by atoms with Crippen molar-refractivity contribution in [2.75, 3.05) is 13.2 Å². The highest BCUT2D eigenvalue weighted by Crippen LogP contribution is 2.26. The number of carbonyl (C=O) groups is 1. The van der Waals surface area contributed by atoms with Crippen LogP contribution < -0.4 is 5.32 Å². The molecule has 7 unspecified atom stereocenters. The molecule has 0 aromatic rings. The maximum absolute atomic E-state index is 13.2. The van der Waals surface area contributed by atoms with Gasteiger partial charge in [-0.3, -0.25) is 9.35 Å². The average molecular weight is 1050 g/mol. The van der Waals surface area contributed by atoms with E-state index in [1.807, 2.05) is 0 Å². The van der Waals surface area contributed by atoms with Crippen LogP contribution in [0.15, 0.2) is 0 Å². The van der Waals surface area contributed by atoms with Crippen LogP contribution in [0.3, 0.4) is 0 Å². The van der Waals surface area contributed by atoms with Crippen molar-refractivity contribution in [2.45, 2.75) is 358 Å². The summed E-state index contributed by atoms with van der Waals surface area (Å²) >= 11 is 0. The number of carbonyl (C=O) groups excluding carboxylic acids is 1. The molecule has 0 bridgehead atoms. The molecule has 12 nitrogen and oxygen atoms in total. The zero-order valence-corrected chi connectivity index (χ0v) is 47.6. The van der Waals surface area contributed by atoms with Gasteiger partial charge in [-0.05, 0) is 12.8 Å². The molecular formula is C59H117NO11S. The minimum absolute atomic E-state index is 0.221. The number of aliphatic hydroxyl groups is 4. The molecule has 7 atom stereocenters. The normalized spacial score (nSPS) is 19.2. The van der Waals surface area contributed by atoms with E-state index in [1.165, 1.54) is 238 Å². The molecule has 0 radical (unpaired) electrons. The summed E-state index contributed by atoms with van der Waals surface area (Å²) in [6.07, 6.45) is 49.8. The van der Waals surface area contributed by atoms with Gasteiger partial charge >= 0.3 is 10.4 Å². The second kappa shape index (κ2) is 49.7. The zero-order valence-electron chi connectivity index (χ0n) is 46.8. The van der Waals surface area contributed by atoms with E-state index in [0.29, 0.717) is 12.8 Å². The van der Waals surface area contributed by atoms with Crippen molar-refractivity contribution in [3.05, 3.63) is 0 Å². The molecule has 1 aliphatic rings. The van der Waals surface area contributed by atoms with E-state index in [-0.39, 0.29) is 12.5 Å². The number of amides is 1. The van der Waals surface area contributed by atoms with Gasteiger partial charge in [0.15, 0.2) is 6.29 Å². The van der Waals surface area contributed by atoms with Crippen LogP contribution in [0, 0.1) is 0 Å². The Morgan fingerprint density at radius 1 is 0.500 bits per heavy atom. The van der Waals surface area contributed by atoms with E-state index in [2.05, 4.69) is 23.3 Å². The Kier molecular flexibility index (Phi) is 47.7. The van der Waals surface area contributed by atoms with Gasteiger partial charge < -0.3 is 35.2 Å². The Labute approximate surface area is 443 Å². The predicted molar refractivity (Wildman–Crippen MR) is 296 cm³/mol. The standard InChI is InChI=1S/C59H117NO11S/c1-3-5-7-9-11-13-15-17-19-21-22-23-24-25-26-27-28-29-30-31-32-33-35-37-39-41-43-45-47-49-55(63)60-52(51-69-59-57(65)58(71-72(66,67)68)56(64)54(50-61)70-59)53(62)48-46-44-42-40-38-36-34-20-18-16-14-12-10-8-6-4-2/h52-54,56-59,61-62,64-65H,3-51H2,1-2H3,(H,60,63)(H,66,67,68). The van der Waals surface area contributed by atoms with E-state index in [0.717, 1.165) is 51.4 Å². The van der Waals surface area contributed by atoms with Crippen LogP contribution in [-0.4, -0.2) is 95.4 Å². The molecule has 1 saturated heterocycles. The third-order valence-corrected chi connectivity index (χ3v) is 15.6.